The van der Waals surface area contributed by atoms with E-state index < -0.39 is 0 Å². The average Bonchev–Trinajstić information content (AvgIpc) is 2.56. The molecular formula is C21H22N2OS. The lowest BCUT2D eigenvalue weighted by Crippen LogP contribution is -2.12. The molecule has 25 heavy (non-hydrogen) atoms. The third-order valence-electron chi connectivity index (χ3n) is 4.11. The summed E-state index contributed by atoms with van der Waals surface area (Å²) in [6.45, 7) is 6.21. The van der Waals surface area contributed by atoms with Gasteiger partial charge in [0.05, 0.1) is 10.5 Å². The minimum absolute atomic E-state index is 0.0341. The highest BCUT2D eigenvalue weighted by Crippen LogP contribution is 2.26. The summed E-state index contributed by atoms with van der Waals surface area (Å²) in [6, 6.07) is 16.2. The molecule has 2 aromatic carbocycles. The fourth-order valence-electron chi connectivity index (χ4n) is 2.80. The number of anilines is 1. The van der Waals surface area contributed by atoms with Crippen LogP contribution in [0.3, 0.4) is 0 Å². The average molecular weight is 350 g/mol. The Morgan fingerprint density at radius 2 is 1.84 bits per heavy atom. The highest BCUT2D eigenvalue weighted by Gasteiger charge is 2.07. The van der Waals surface area contributed by atoms with Crippen LogP contribution >= 0.6 is 11.8 Å². The molecule has 3 nitrogen and oxygen atoms in total. The van der Waals surface area contributed by atoms with Gasteiger partial charge >= 0.3 is 0 Å². The van der Waals surface area contributed by atoms with Crippen LogP contribution in [-0.4, -0.2) is 16.6 Å². The van der Waals surface area contributed by atoms with Crippen LogP contribution in [-0.2, 0) is 4.79 Å². The molecule has 0 spiro atoms. The van der Waals surface area contributed by atoms with E-state index in [0.29, 0.717) is 12.2 Å². The lowest BCUT2D eigenvalue weighted by molar-refractivity contribution is -0.115. The molecule has 0 aliphatic carbocycles. The van der Waals surface area contributed by atoms with Crippen LogP contribution in [0.25, 0.3) is 10.9 Å². The molecule has 0 radical (unpaired) electrons. The minimum atomic E-state index is 0.0341. The first kappa shape index (κ1) is 17.5. The summed E-state index contributed by atoms with van der Waals surface area (Å²) in [5, 5.41) is 5.12. The summed E-state index contributed by atoms with van der Waals surface area (Å²) >= 11 is 1.63. The summed E-state index contributed by atoms with van der Waals surface area (Å²) in [6.07, 6.45) is 0.463. The van der Waals surface area contributed by atoms with Crippen molar-refractivity contribution in [3.8, 4) is 0 Å². The van der Waals surface area contributed by atoms with Gasteiger partial charge in [-0.2, -0.15) is 0 Å². The number of fused-ring (bicyclic) bond motifs is 1. The van der Waals surface area contributed by atoms with Crippen LogP contribution in [0.4, 0.5) is 5.69 Å². The number of carbonyl (C=O) groups is 1. The topological polar surface area (TPSA) is 42.0 Å². The second kappa shape index (κ2) is 7.70. The number of amides is 1. The van der Waals surface area contributed by atoms with Gasteiger partial charge in [0.2, 0.25) is 5.91 Å². The SMILES string of the molecule is Cc1cccc(NC(=O)CCSc2cc(C)c3cccc(C)c3n2)c1. The van der Waals surface area contributed by atoms with E-state index in [2.05, 4.69) is 43.4 Å². The molecule has 0 aliphatic heterocycles. The van der Waals surface area contributed by atoms with E-state index in [0.717, 1.165) is 21.8 Å². The van der Waals surface area contributed by atoms with Crippen LogP contribution in [0.1, 0.15) is 23.1 Å². The molecular weight excluding hydrogens is 328 g/mol. The highest BCUT2D eigenvalue weighted by atomic mass is 32.2. The molecule has 3 aromatic rings. The molecule has 0 saturated carbocycles. The number of hydrogen-bond acceptors (Lipinski definition) is 3. The Hall–Kier alpha value is -2.33. The predicted molar refractivity (Wildman–Crippen MR) is 106 cm³/mol. The zero-order valence-corrected chi connectivity index (χ0v) is 15.6. The summed E-state index contributed by atoms with van der Waals surface area (Å²) in [5.74, 6) is 0.744. The monoisotopic (exact) mass is 350 g/mol. The lowest BCUT2D eigenvalue weighted by atomic mass is 10.1. The van der Waals surface area contributed by atoms with E-state index in [1.54, 1.807) is 11.8 Å². The van der Waals surface area contributed by atoms with Crippen molar-refractivity contribution in [2.45, 2.75) is 32.2 Å². The lowest BCUT2D eigenvalue weighted by Gasteiger charge is -2.09. The van der Waals surface area contributed by atoms with E-state index in [1.165, 1.54) is 16.5 Å². The molecule has 0 atom stereocenters. The zero-order valence-electron chi connectivity index (χ0n) is 14.8. The Morgan fingerprint density at radius 1 is 1.04 bits per heavy atom. The Morgan fingerprint density at radius 3 is 2.64 bits per heavy atom. The van der Waals surface area contributed by atoms with Crippen LogP contribution in [0.15, 0.2) is 53.6 Å². The van der Waals surface area contributed by atoms with Crippen molar-refractivity contribution in [1.29, 1.82) is 0 Å². The number of aromatic nitrogens is 1. The van der Waals surface area contributed by atoms with Crippen molar-refractivity contribution in [3.05, 3.63) is 65.2 Å². The molecule has 1 amide bonds. The Labute approximate surface area is 152 Å². The number of carbonyl (C=O) groups excluding carboxylic acids is 1. The normalized spacial score (nSPS) is 10.8. The van der Waals surface area contributed by atoms with Crippen molar-refractivity contribution >= 4 is 34.3 Å². The van der Waals surface area contributed by atoms with Crippen LogP contribution in [0, 0.1) is 20.8 Å². The van der Waals surface area contributed by atoms with E-state index in [-0.39, 0.29) is 5.91 Å². The maximum Gasteiger partial charge on any atom is 0.225 e. The number of aryl methyl sites for hydroxylation is 3. The van der Waals surface area contributed by atoms with Crippen LogP contribution < -0.4 is 5.32 Å². The second-order valence-electron chi connectivity index (χ2n) is 6.26. The highest BCUT2D eigenvalue weighted by molar-refractivity contribution is 7.99. The number of benzene rings is 2. The molecule has 1 aromatic heterocycles. The summed E-state index contributed by atoms with van der Waals surface area (Å²) < 4.78 is 0. The van der Waals surface area contributed by atoms with E-state index in [9.17, 15) is 4.79 Å². The third-order valence-corrected chi connectivity index (χ3v) is 5.02. The first-order valence-electron chi connectivity index (χ1n) is 8.39. The van der Waals surface area contributed by atoms with E-state index in [4.69, 9.17) is 4.98 Å². The largest absolute Gasteiger partial charge is 0.326 e. The fraction of sp³-hybridized carbons (Fsp3) is 0.238. The molecule has 4 heteroatoms. The summed E-state index contributed by atoms with van der Waals surface area (Å²) in [7, 11) is 0. The molecule has 0 bridgehead atoms. The Bertz CT molecular complexity index is 921. The van der Waals surface area contributed by atoms with Gasteiger partial charge in [-0.1, -0.05) is 30.3 Å². The first-order valence-corrected chi connectivity index (χ1v) is 9.38. The molecule has 0 saturated heterocycles. The molecule has 0 aliphatic rings. The molecule has 1 heterocycles. The summed E-state index contributed by atoms with van der Waals surface area (Å²) in [4.78, 5) is 16.9. The standard InChI is InChI=1S/C21H22N2OS/c1-14-6-4-8-17(12-14)22-19(24)10-11-25-20-13-16(3)18-9-5-7-15(2)21(18)23-20/h4-9,12-13H,10-11H2,1-3H3,(H,22,24). The number of nitrogens with zero attached hydrogens (tertiary/aromatic N) is 1. The van der Waals surface area contributed by atoms with Crippen LogP contribution in [0.2, 0.25) is 0 Å². The van der Waals surface area contributed by atoms with Gasteiger partial charge in [0.15, 0.2) is 0 Å². The van der Waals surface area contributed by atoms with Gasteiger partial charge in [-0.3, -0.25) is 4.79 Å². The number of para-hydroxylation sites is 1. The van der Waals surface area contributed by atoms with Crippen molar-refractivity contribution in [2.75, 3.05) is 11.1 Å². The minimum Gasteiger partial charge on any atom is -0.326 e. The number of thioether (sulfide) groups is 1. The molecule has 128 valence electrons. The molecule has 3 rings (SSSR count). The summed E-state index contributed by atoms with van der Waals surface area (Å²) in [5.41, 5.74) is 5.44. The first-order chi connectivity index (χ1) is 12.0. The van der Waals surface area contributed by atoms with Gasteiger partial charge in [-0.15, -0.1) is 11.8 Å². The van der Waals surface area contributed by atoms with Crippen molar-refractivity contribution < 1.29 is 4.79 Å². The van der Waals surface area contributed by atoms with E-state index >= 15 is 0 Å². The van der Waals surface area contributed by atoms with Crippen molar-refractivity contribution in [1.82, 2.24) is 4.98 Å². The molecule has 1 N–H and O–H groups in total. The Kier molecular flexibility index (Phi) is 5.39. The number of nitrogens with one attached hydrogen (secondary N) is 1. The van der Waals surface area contributed by atoms with Gasteiger partial charge < -0.3 is 5.32 Å². The van der Waals surface area contributed by atoms with Gasteiger partial charge in [0.25, 0.3) is 0 Å². The van der Waals surface area contributed by atoms with Gasteiger partial charge in [0, 0.05) is 23.2 Å². The quantitative estimate of drug-likeness (QED) is 0.637. The van der Waals surface area contributed by atoms with Crippen molar-refractivity contribution in [3.63, 3.8) is 0 Å². The maximum atomic E-state index is 12.1. The second-order valence-corrected chi connectivity index (χ2v) is 7.38. The molecule has 0 unspecified atom stereocenters. The number of pyridine rings is 1. The van der Waals surface area contributed by atoms with E-state index in [1.807, 2.05) is 31.2 Å². The van der Waals surface area contributed by atoms with Crippen LogP contribution in [0.5, 0.6) is 0 Å². The fourth-order valence-corrected chi connectivity index (χ4v) is 3.71. The maximum absolute atomic E-state index is 12.1. The van der Waals surface area contributed by atoms with Gasteiger partial charge in [-0.05, 0) is 55.7 Å². The predicted octanol–water partition coefficient (Wildman–Crippen LogP) is 5.28. The van der Waals surface area contributed by atoms with Gasteiger partial charge in [-0.25, -0.2) is 4.98 Å². The smallest absolute Gasteiger partial charge is 0.225 e. The molecule has 0 fully saturated rings. The Balaban J connectivity index is 1.61. The van der Waals surface area contributed by atoms with Crippen molar-refractivity contribution in [2.24, 2.45) is 0 Å². The number of rotatable bonds is 5. The number of hydrogen-bond donors (Lipinski definition) is 1. The third kappa shape index (κ3) is 4.40. The van der Waals surface area contributed by atoms with Gasteiger partial charge in [0.1, 0.15) is 0 Å². The zero-order chi connectivity index (χ0) is 17.8.